The summed E-state index contributed by atoms with van der Waals surface area (Å²) < 4.78 is 24.6. The lowest BCUT2D eigenvalue weighted by molar-refractivity contribution is -0.149. The van der Waals surface area contributed by atoms with E-state index < -0.39 is 12.1 Å². The second kappa shape index (κ2) is 9.78. The predicted molar refractivity (Wildman–Crippen MR) is 119 cm³/mol. The minimum absolute atomic E-state index is 0.263. The highest BCUT2D eigenvalue weighted by molar-refractivity contribution is 5.72. The topological polar surface area (TPSA) is 79.2 Å². The van der Waals surface area contributed by atoms with Crippen LogP contribution in [0, 0.1) is 0 Å². The molecular formula is C25H27NO6. The molecule has 2 aromatic carbocycles. The van der Waals surface area contributed by atoms with Crippen molar-refractivity contribution >= 4 is 5.97 Å². The van der Waals surface area contributed by atoms with E-state index in [1.807, 2.05) is 61.7 Å². The lowest BCUT2D eigenvalue weighted by Gasteiger charge is -2.13. The van der Waals surface area contributed by atoms with Crippen LogP contribution in [-0.2, 0) is 22.5 Å². The SMILES string of the molecule is CCOC(Cc1ccc(OCCn2cccc2-c2ccc3c(c2)OC(C)O3)cc1)C(=O)O. The van der Waals surface area contributed by atoms with E-state index in [2.05, 4.69) is 10.6 Å². The highest BCUT2D eigenvalue weighted by atomic mass is 16.7. The number of carbonyl (C=O) groups is 1. The van der Waals surface area contributed by atoms with Gasteiger partial charge in [-0.1, -0.05) is 12.1 Å². The van der Waals surface area contributed by atoms with Gasteiger partial charge in [-0.25, -0.2) is 4.79 Å². The van der Waals surface area contributed by atoms with Crippen molar-refractivity contribution < 1.29 is 28.8 Å². The average molecular weight is 437 g/mol. The first-order valence-electron chi connectivity index (χ1n) is 10.7. The summed E-state index contributed by atoms with van der Waals surface area (Å²) in [6.45, 7) is 5.20. The van der Waals surface area contributed by atoms with Crippen LogP contribution in [0.25, 0.3) is 11.3 Å². The molecule has 7 nitrogen and oxygen atoms in total. The number of ether oxygens (including phenoxy) is 4. The third kappa shape index (κ3) is 5.06. The monoisotopic (exact) mass is 437 g/mol. The molecule has 32 heavy (non-hydrogen) atoms. The lowest BCUT2D eigenvalue weighted by Crippen LogP contribution is -2.26. The largest absolute Gasteiger partial charge is 0.492 e. The summed E-state index contributed by atoms with van der Waals surface area (Å²) >= 11 is 0. The van der Waals surface area contributed by atoms with Crippen molar-refractivity contribution in [2.75, 3.05) is 13.2 Å². The molecule has 3 aromatic rings. The number of hydrogen-bond acceptors (Lipinski definition) is 5. The summed E-state index contributed by atoms with van der Waals surface area (Å²) in [7, 11) is 0. The normalized spacial score (nSPS) is 15.5. The quantitative estimate of drug-likeness (QED) is 0.507. The molecule has 0 saturated heterocycles. The number of rotatable bonds is 10. The first-order chi connectivity index (χ1) is 15.5. The Bertz CT molecular complexity index is 1060. The first kappa shape index (κ1) is 21.8. The van der Waals surface area contributed by atoms with Crippen LogP contribution in [0.4, 0.5) is 0 Å². The van der Waals surface area contributed by atoms with E-state index in [-0.39, 0.29) is 6.29 Å². The predicted octanol–water partition coefficient (Wildman–Crippen LogP) is 4.38. The van der Waals surface area contributed by atoms with Gasteiger partial charge in [0.15, 0.2) is 17.6 Å². The molecule has 0 aliphatic carbocycles. The van der Waals surface area contributed by atoms with Crippen molar-refractivity contribution in [1.29, 1.82) is 0 Å². The second-order valence-electron chi connectivity index (χ2n) is 7.53. The van der Waals surface area contributed by atoms with Gasteiger partial charge in [0, 0.05) is 37.4 Å². The smallest absolute Gasteiger partial charge is 0.333 e. The number of aliphatic carboxylic acids is 1. The fourth-order valence-electron chi connectivity index (χ4n) is 3.73. The summed E-state index contributed by atoms with van der Waals surface area (Å²) in [4.78, 5) is 11.2. The molecule has 2 heterocycles. The Balaban J connectivity index is 1.34. The number of fused-ring (bicyclic) bond motifs is 1. The molecule has 168 valence electrons. The molecule has 2 atom stereocenters. The number of benzene rings is 2. The summed E-state index contributed by atoms with van der Waals surface area (Å²) in [5, 5.41) is 9.22. The van der Waals surface area contributed by atoms with Gasteiger partial charge in [0.2, 0.25) is 6.29 Å². The van der Waals surface area contributed by atoms with Gasteiger partial charge >= 0.3 is 5.97 Å². The van der Waals surface area contributed by atoms with Gasteiger partial charge in [0.25, 0.3) is 0 Å². The minimum Gasteiger partial charge on any atom is -0.492 e. The zero-order valence-electron chi connectivity index (χ0n) is 18.2. The van der Waals surface area contributed by atoms with Crippen molar-refractivity contribution in [2.24, 2.45) is 0 Å². The van der Waals surface area contributed by atoms with Gasteiger partial charge < -0.3 is 28.6 Å². The standard InChI is InChI=1S/C25H27NO6/c1-3-29-24(25(27)28)15-18-6-9-20(10-7-18)30-14-13-26-12-4-5-21(26)19-8-11-22-23(16-19)32-17(2)31-22/h4-12,16-17,24H,3,13-15H2,1-2H3,(H,27,28). The molecule has 0 fully saturated rings. The number of carboxylic acids is 1. The minimum atomic E-state index is -0.952. The van der Waals surface area contributed by atoms with Crippen LogP contribution in [0.15, 0.2) is 60.8 Å². The van der Waals surface area contributed by atoms with E-state index in [0.717, 1.165) is 34.1 Å². The van der Waals surface area contributed by atoms with E-state index in [0.29, 0.717) is 26.2 Å². The van der Waals surface area contributed by atoms with E-state index in [4.69, 9.17) is 18.9 Å². The highest BCUT2D eigenvalue weighted by Crippen LogP contribution is 2.38. The van der Waals surface area contributed by atoms with E-state index in [1.54, 1.807) is 6.92 Å². The number of aromatic nitrogens is 1. The van der Waals surface area contributed by atoms with Crippen molar-refractivity contribution in [2.45, 2.75) is 39.2 Å². The Kier molecular flexibility index (Phi) is 6.66. The van der Waals surface area contributed by atoms with Gasteiger partial charge in [-0.3, -0.25) is 0 Å². The van der Waals surface area contributed by atoms with Crippen molar-refractivity contribution in [1.82, 2.24) is 4.57 Å². The zero-order valence-corrected chi connectivity index (χ0v) is 18.2. The molecule has 2 unspecified atom stereocenters. The molecular weight excluding hydrogens is 410 g/mol. The van der Waals surface area contributed by atoms with Gasteiger partial charge in [-0.05, 0) is 55.0 Å². The molecule has 1 aromatic heterocycles. The Morgan fingerprint density at radius 1 is 1.12 bits per heavy atom. The molecule has 0 radical (unpaired) electrons. The molecule has 0 bridgehead atoms. The van der Waals surface area contributed by atoms with Gasteiger partial charge in [-0.15, -0.1) is 0 Å². The Morgan fingerprint density at radius 3 is 2.66 bits per heavy atom. The van der Waals surface area contributed by atoms with Crippen molar-refractivity contribution in [3.8, 4) is 28.5 Å². The zero-order chi connectivity index (χ0) is 22.5. The van der Waals surface area contributed by atoms with Crippen LogP contribution in [0.3, 0.4) is 0 Å². The van der Waals surface area contributed by atoms with Gasteiger partial charge in [0.05, 0.1) is 6.54 Å². The molecule has 0 spiro atoms. The lowest BCUT2D eigenvalue weighted by atomic mass is 10.1. The van der Waals surface area contributed by atoms with Gasteiger partial charge in [0.1, 0.15) is 12.4 Å². The van der Waals surface area contributed by atoms with Crippen LogP contribution >= 0.6 is 0 Å². The van der Waals surface area contributed by atoms with Gasteiger partial charge in [-0.2, -0.15) is 0 Å². The number of hydrogen-bond donors (Lipinski definition) is 1. The van der Waals surface area contributed by atoms with Crippen LogP contribution < -0.4 is 14.2 Å². The Morgan fingerprint density at radius 2 is 1.91 bits per heavy atom. The van der Waals surface area contributed by atoms with E-state index in [9.17, 15) is 9.90 Å². The molecule has 1 N–H and O–H groups in total. The molecule has 1 aliphatic rings. The molecule has 4 rings (SSSR count). The maximum atomic E-state index is 11.2. The maximum Gasteiger partial charge on any atom is 0.333 e. The fraction of sp³-hybridized carbons (Fsp3) is 0.320. The third-order valence-electron chi connectivity index (χ3n) is 5.24. The maximum absolute atomic E-state index is 11.2. The number of nitrogens with zero attached hydrogens (tertiary/aromatic N) is 1. The third-order valence-corrected chi connectivity index (χ3v) is 5.24. The van der Waals surface area contributed by atoms with Crippen molar-refractivity contribution in [3.63, 3.8) is 0 Å². The number of carboxylic acid groups (broad SMARTS) is 1. The van der Waals surface area contributed by atoms with Crippen LogP contribution in [0.2, 0.25) is 0 Å². The first-order valence-corrected chi connectivity index (χ1v) is 10.7. The van der Waals surface area contributed by atoms with Crippen LogP contribution in [-0.4, -0.2) is 41.3 Å². The summed E-state index contributed by atoms with van der Waals surface area (Å²) in [5.41, 5.74) is 3.02. The fourth-order valence-corrected chi connectivity index (χ4v) is 3.73. The molecule has 0 amide bonds. The summed E-state index contributed by atoms with van der Waals surface area (Å²) in [5.74, 6) is 1.31. The van der Waals surface area contributed by atoms with Crippen molar-refractivity contribution in [3.05, 3.63) is 66.4 Å². The van der Waals surface area contributed by atoms with Crippen LogP contribution in [0.1, 0.15) is 19.4 Å². The summed E-state index contributed by atoms with van der Waals surface area (Å²) in [6, 6.07) is 17.5. The molecule has 1 aliphatic heterocycles. The molecule has 7 heteroatoms. The van der Waals surface area contributed by atoms with E-state index in [1.165, 1.54) is 0 Å². The van der Waals surface area contributed by atoms with E-state index >= 15 is 0 Å². The average Bonchev–Trinajstić information content (AvgIpc) is 3.39. The second-order valence-corrected chi connectivity index (χ2v) is 7.53. The molecule has 0 saturated carbocycles. The summed E-state index contributed by atoms with van der Waals surface area (Å²) in [6.07, 6.45) is 1.25. The van der Waals surface area contributed by atoms with Crippen LogP contribution in [0.5, 0.6) is 17.2 Å². The Labute approximate surface area is 187 Å². The highest BCUT2D eigenvalue weighted by Gasteiger charge is 2.21. The Hall–Kier alpha value is -3.45.